The SMILES string of the molecule is CC1=CN(C(=O)c2ccccc2OCOCC[Si](C)(C)C)[C@H](C(=O)O)C1. The monoisotopic (exact) mass is 377 g/mol. The van der Waals surface area contributed by atoms with Gasteiger partial charge in [-0.2, -0.15) is 0 Å². The molecule has 1 amide bonds. The summed E-state index contributed by atoms with van der Waals surface area (Å²) in [5.41, 5.74) is 1.19. The van der Waals surface area contributed by atoms with Crippen molar-refractivity contribution in [2.24, 2.45) is 0 Å². The van der Waals surface area contributed by atoms with Crippen molar-refractivity contribution in [2.75, 3.05) is 13.4 Å². The highest BCUT2D eigenvalue weighted by molar-refractivity contribution is 6.76. The Morgan fingerprint density at radius 2 is 1.96 bits per heavy atom. The van der Waals surface area contributed by atoms with Crippen LogP contribution in [0.2, 0.25) is 25.7 Å². The van der Waals surface area contributed by atoms with Gasteiger partial charge in [0.15, 0.2) is 6.79 Å². The number of carbonyl (C=O) groups excluding carboxylic acids is 1. The number of carboxylic acid groups (broad SMARTS) is 1. The van der Waals surface area contributed by atoms with Gasteiger partial charge in [0.2, 0.25) is 0 Å². The first kappa shape index (κ1) is 20.2. The lowest BCUT2D eigenvalue weighted by atomic mass is 10.1. The third kappa shape index (κ3) is 5.44. The standard InChI is InChI=1S/C19H27NO5Si/c1-14-11-16(19(22)23)20(12-14)18(21)15-7-5-6-8-17(15)25-13-24-9-10-26(2,3)4/h5-8,12,16H,9-11,13H2,1-4H3,(H,22,23)/t16-/m0/s1. The number of amides is 1. The molecule has 0 aliphatic carbocycles. The molecule has 1 aliphatic heterocycles. The van der Waals surface area contributed by atoms with E-state index in [1.54, 1.807) is 30.5 Å². The number of hydrogen-bond donors (Lipinski definition) is 1. The van der Waals surface area contributed by atoms with E-state index < -0.39 is 20.1 Å². The van der Waals surface area contributed by atoms with Gasteiger partial charge in [-0.3, -0.25) is 4.79 Å². The zero-order chi connectivity index (χ0) is 19.3. The van der Waals surface area contributed by atoms with Crippen LogP contribution in [0.4, 0.5) is 0 Å². The molecular weight excluding hydrogens is 350 g/mol. The summed E-state index contributed by atoms with van der Waals surface area (Å²) in [5.74, 6) is -1.00. The number of nitrogens with zero attached hydrogens (tertiary/aromatic N) is 1. The fraction of sp³-hybridized carbons (Fsp3) is 0.474. The number of hydrogen-bond acceptors (Lipinski definition) is 4. The van der Waals surface area contributed by atoms with Crippen LogP contribution >= 0.6 is 0 Å². The topological polar surface area (TPSA) is 76.1 Å². The van der Waals surface area contributed by atoms with E-state index in [4.69, 9.17) is 9.47 Å². The van der Waals surface area contributed by atoms with Gasteiger partial charge in [-0.15, -0.1) is 0 Å². The molecule has 0 fully saturated rings. The molecule has 0 radical (unpaired) electrons. The number of benzene rings is 1. The Kier molecular flexibility index (Phi) is 6.61. The predicted molar refractivity (Wildman–Crippen MR) is 102 cm³/mol. The molecule has 1 atom stereocenters. The Balaban J connectivity index is 2.04. The van der Waals surface area contributed by atoms with Gasteiger partial charge >= 0.3 is 5.97 Å². The third-order valence-corrected chi connectivity index (χ3v) is 5.85. The minimum Gasteiger partial charge on any atom is -0.480 e. The Morgan fingerprint density at radius 1 is 1.27 bits per heavy atom. The first-order valence-corrected chi connectivity index (χ1v) is 12.4. The van der Waals surface area contributed by atoms with Gasteiger partial charge in [0, 0.05) is 27.3 Å². The van der Waals surface area contributed by atoms with Crippen molar-refractivity contribution in [1.29, 1.82) is 0 Å². The van der Waals surface area contributed by atoms with E-state index in [1.807, 2.05) is 6.92 Å². The van der Waals surface area contributed by atoms with Gasteiger partial charge in [-0.1, -0.05) is 37.3 Å². The number of para-hydroxylation sites is 1. The minimum absolute atomic E-state index is 0.0615. The summed E-state index contributed by atoms with van der Waals surface area (Å²) in [6.07, 6.45) is 1.94. The van der Waals surface area contributed by atoms with Gasteiger partial charge < -0.3 is 19.5 Å². The molecule has 2 rings (SSSR count). The second-order valence-corrected chi connectivity index (χ2v) is 13.3. The second kappa shape index (κ2) is 8.51. The lowest BCUT2D eigenvalue weighted by Crippen LogP contribution is -2.38. The summed E-state index contributed by atoms with van der Waals surface area (Å²) in [6, 6.07) is 7.00. The predicted octanol–water partition coefficient (Wildman–Crippen LogP) is 3.58. The van der Waals surface area contributed by atoms with Crippen molar-refractivity contribution in [2.45, 2.75) is 45.1 Å². The van der Waals surface area contributed by atoms with Crippen LogP contribution in [0.25, 0.3) is 0 Å². The molecule has 1 aliphatic rings. The van der Waals surface area contributed by atoms with Gasteiger partial charge in [-0.05, 0) is 25.1 Å². The number of carbonyl (C=O) groups is 2. The van der Waals surface area contributed by atoms with Crippen molar-refractivity contribution in [1.82, 2.24) is 4.90 Å². The fourth-order valence-corrected chi connectivity index (χ4v) is 3.40. The smallest absolute Gasteiger partial charge is 0.327 e. The molecule has 0 bridgehead atoms. The average Bonchev–Trinajstić information content (AvgIpc) is 2.95. The van der Waals surface area contributed by atoms with Gasteiger partial charge in [0.05, 0.1) is 5.56 Å². The normalized spacial score (nSPS) is 17.2. The second-order valence-electron chi connectivity index (χ2n) is 7.72. The Bertz CT molecular complexity index is 695. The van der Waals surface area contributed by atoms with Crippen molar-refractivity contribution in [3.8, 4) is 5.75 Å². The lowest BCUT2D eigenvalue weighted by molar-refractivity contribution is -0.141. The highest BCUT2D eigenvalue weighted by Crippen LogP contribution is 2.27. The quantitative estimate of drug-likeness (QED) is 0.426. The molecule has 0 spiro atoms. The summed E-state index contributed by atoms with van der Waals surface area (Å²) in [4.78, 5) is 25.5. The van der Waals surface area contributed by atoms with Crippen molar-refractivity contribution in [3.63, 3.8) is 0 Å². The van der Waals surface area contributed by atoms with Crippen molar-refractivity contribution >= 4 is 20.0 Å². The van der Waals surface area contributed by atoms with Crippen LogP contribution in [0.3, 0.4) is 0 Å². The summed E-state index contributed by atoms with van der Waals surface area (Å²) < 4.78 is 11.2. The molecule has 0 saturated heterocycles. The molecule has 6 nitrogen and oxygen atoms in total. The maximum Gasteiger partial charge on any atom is 0.327 e. The van der Waals surface area contributed by atoms with E-state index in [2.05, 4.69) is 19.6 Å². The number of ether oxygens (including phenoxy) is 2. The lowest BCUT2D eigenvalue weighted by Gasteiger charge is -2.21. The largest absolute Gasteiger partial charge is 0.480 e. The highest BCUT2D eigenvalue weighted by Gasteiger charge is 2.34. The van der Waals surface area contributed by atoms with Crippen LogP contribution < -0.4 is 4.74 Å². The molecule has 0 aromatic heterocycles. The summed E-state index contributed by atoms with van der Waals surface area (Å²) in [6.45, 7) is 9.33. The Labute approximate surface area is 155 Å². The third-order valence-electron chi connectivity index (χ3n) is 4.14. The zero-order valence-corrected chi connectivity index (χ0v) is 16.8. The van der Waals surface area contributed by atoms with E-state index in [0.717, 1.165) is 11.6 Å². The highest BCUT2D eigenvalue weighted by atomic mass is 28.3. The molecule has 1 aromatic rings. The first-order valence-electron chi connectivity index (χ1n) is 8.71. The molecule has 1 aromatic carbocycles. The summed E-state index contributed by atoms with van der Waals surface area (Å²) in [5, 5.41) is 9.36. The molecule has 26 heavy (non-hydrogen) atoms. The van der Waals surface area contributed by atoms with Crippen molar-refractivity contribution < 1.29 is 24.2 Å². The maximum absolute atomic E-state index is 12.9. The van der Waals surface area contributed by atoms with E-state index in [1.165, 1.54) is 4.90 Å². The van der Waals surface area contributed by atoms with E-state index in [-0.39, 0.29) is 12.7 Å². The Morgan fingerprint density at radius 3 is 2.62 bits per heavy atom. The Hall–Kier alpha value is -2.12. The number of rotatable bonds is 8. The number of aliphatic carboxylic acids is 1. The molecule has 1 N–H and O–H groups in total. The molecule has 7 heteroatoms. The van der Waals surface area contributed by atoms with Crippen LogP contribution in [0, 0.1) is 0 Å². The summed E-state index contributed by atoms with van der Waals surface area (Å²) >= 11 is 0. The maximum atomic E-state index is 12.9. The molecule has 1 heterocycles. The average molecular weight is 378 g/mol. The molecule has 0 saturated carbocycles. The van der Waals surface area contributed by atoms with Crippen molar-refractivity contribution in [3.05, 3.63) is 41.6 Å². The minimum atomic E-state index is -1.16. The molecule has 0 unspecified atom stereocenters. The first-order chi connectivity index (χ1) is 12.2. The van der Waals surface area contributed by atoms with Gasteiger partial charge in [0.25, 0.3) is 5.91 Å². The number of carboxylic acids is 1. The van der Waals surface area contributed by atoms with E-state index in [0.29, 0.717) is 24.3 Å². The van der Waals surface area contributed by atoms with E-state index in [9.17, 15) is 14.7 Å². The van der Waals surface area contributed by atoms with Crippen LogP contribution in [0.1, 0.15) is 23.7 Å². The van der Waals surface area contributed by atoms with Crippen LogP contribution in [-0.4, -0.2) is 49.4 Å². The summed E-state index contributed by atoms with van der Waals surface area (Å²) in [7, 11) is -1.16. The van der Waals surface area contributed by atoms with Crippen LogP contribution in [-0.2, 0) is 9.53 Å². The van der Waals surface area contributed by atoms with Crippen LogP contribution in [0.15, 0.2) is 36.0 Å². The van der Waals surface area contributed by atoms with Crippen LogP contribution in [0.5, 0.6) is 5.75 Å². The molecule has 142 valence electrons. The van der Waals surface area contributed by atoms with Gasteiger partial charge in [-0.25, -0.2) is 4.79 Å². The fourth-order valence-electron chi connectivity index (χ4n) is 2.64. The zero-order valence-electron chi connectivity index (χ0n) is 15.8. The van der Waals surface area contributed by atoms with Gasteiger partial charge in [0.1, 0.15) is 11.8 Å². The molecular formula is C19H27NO5Si. The van der Waals surface area contributed by atoms with E-state index >= 15 is 0 Å².